The number of likely N-dealkylation sites (N-methyl/N-ethyl adjacent to an activating group) is 1. The van der Waals surface area contributed by atoms with Crippen LogP contribution in [0.4, 0.5) is 0 Å². The molecule has 0 saturated carbocycles. The van der Waals surface area contributed by atoms with Crippen molar-refractivity contribution in [2.24, 2.45) is 0 Å². The molecule has 6 heteroatoms. The fraction of sp³-hybridized carbons (Fsp3) is 0.286. The minimum absolute atomic E-state index is 0.0979. The molecule has 3 aromatic rings. The van der Waals surface area contributed by atoms with E-state index in [1.807, 2.05) is 42.5 Å². The number of esters is 1. The van der Waals surface area contributed by atoms with Crippen LogP contribution in [0.2, 0.25) is 0 Å². The van der Waals surface area contributed by atoms with E-state index in [1.54, 1.807) is 14.0 Å². The normalized spacial score (nSPS) is 11.9. The summed E-state index contributed by atoms with van der Waals surface area (Å²) in [6.07, 6.45) is -0.746. The lowest BCUT2D eigenvalue weighted by Gasteiger charge is -2.20. The molecule has 0 radical (unpaired) electrons. The van der Waals surface area contributed by atoms with Crippen LogP contribution < -0.4 is 0 Å². The molecule has 0 aliphatic carbocycles. The van der Waals surface area contributed by atoms with Crippen LogP contribution in [0.3, 0.4) is 0 Å². The summed E-state index contributed by atoms with van der Waals surface area (Å²) in [5, 5.41) is 11.4. The van der Waals surface area contributed by atoms with Gasteiger partial charge in [-0.25, -0.2) is 4.79 Å². The highest BCUT2D eigenvalue weighted by Gasteiger charge is 2.26. The molecule has 0 bridgehead atoms. The third-order valence-corrected chi connectivity index (χ3v) is 4.58. The number of amides is 1. The Morgan fingerprint density at radius 2 is 1.96 bits per heavy atom. The van der Waals surface area contributed by atoms with Gasteiger partial charge in [-0.3, -0.25) is 4.79 Å². The molecule has 138 valence electrons. The van der Waals surface area contributed by atoms with Crippen molar-refractivity contribution >= 4 is 33.6 Å². The van der Waals surface area contributed by atoms with Gasteiger partial charge in [0.15, 0.2) is 6.10 Å². The van der Waals surface area contributed by atoms with E-state index in [2.05, 4.69) is 0 Å². The molecule has 0 aliphatic rings. The largest absolute Gasteiger partial charge is 0.448 e. The first-order chi connectivity index (χ1) is 12.9. The summed E-state index contributed by atoms with van der Waals surface area (Å²) in [5.74, 6) is -0.944. The van der Waals surface area contributed by atoms with Crippen LogP contribution in [0.15, 0.2) is 40.8 Å². The van der Waals surface area contributed by atoms with Crippen LogP contribution in [0, 0.1) is 18.3 Å². The van der Waals surface area contributed by atoms with E-state index in [4.69, 9.17) is 14.4 Å². The number of carbonyl (C=O) groups excluding carboxylic acids is 2. The number of carbonyl (C=O) groups is 2. The Labute approximate surface area is 156 Å². The van der Waals surface area contributed by atoms with Gasteiger partial charge in [-0.2, -0.15) is 5.26 Å². The number of hydrogen-bond acceptors (Lipinski definition) is 5. The zero-order chi connectivity index (χ0) is 19.6. The molecule has 0 fully saturated rings. The summed E-state index contributed by atoms with van der Waals surface area (Å²) >= 11 is 0. The first-order valence-corrected chi connectivity index (χ1v) is 8.67. The van der Waals surface area contributed by atoms with Crippen molar-refractivity contribution in [3.8, 4) is 6.07 Å². The zero-order valence-corrected chi connectivity index (χ0v) is 15.5. The Morgan fingerprint density at radius 1 is 1.22 bits per heavy atom. The lowest BCUT2D eigenvalue weighted by Crippen LogP contribution is -2.37. The molecule has 0 spiro atoms. The Balaban J connectivity index is 1.86. The Morgan fingerprint density at radius 3 is 2.70 bits per heavy atom. The molecule has 3 rings (SSSR count). The molecule has 1 atom stereocenters. The predicted molar refractivity (Wildman–Crippen MR) is 101 cm³/mol. The SMILES string of the molecule is Cc1c(C(=O)O[C@@H](C)C(=O)N(C)CCC#N)oc2c1ccc1ccccc12. The van der Waals surface area contributed by atoms with E-state index in [9.17, 15) is 9.59 Å². The first-order valence-electron chi connectivity index (χ1n) is 8.67. The maximum Gasteiger partial charge on any atom is 0.375 e. The lowest BCUT2D eigenvalue weighted by molar-refractivity contribution is -0.138. The fourth-order valence-electron chi connectivity index (χ4n) is 3.05. The van der Waals surface area contributed by atoms with E-state index in [0.717, 1.165) is 16.2 Å². The quantitative estimate of drug-likeness (QED) is 0.643. The van der Waals surface area contributed by atoms with Crippen molar-refractivity contribution < 1.29 is 18.7 Å². The molecule has 1 amide bonds. The van der Waals surface area contributed by atoms with E-state index in [0.29, 0.717) is 11.1 Å². The molecule has 27 heavy (non-hydrogen) atoms. The highest BCUT2D eigenvalue weighted by atomic mass is 16.6. The number of ether oxygens (including phenoxy) is 1. The van der Waals surface area contributed by atoms with Gasteiger partial charge in [0.2, 0.25) is 5.76 Å². The molecular formula is C21H20N2O4. The summed E-state index contributed by atoms with van der Waals surface area (Å²) in [7, 11) is 1.57. The third-order valence-electron chi connectivity index (χ3n) is 4.58. The number of furan rings is 1. The van der Waals surface area contributed by atoms with Crippen molar-refractivity contribution in [1.29, 1.82) is 5.26 Å². The molecule has 1 aromatic heterocycles. The highest BCUT2D eigenvalue weighted by molar-refractivity contribution is 6.08. The number of hydrogen-bond donors (Lipinski definition) is 0. The van der Waals surface area contributed by atoms with Crippen LogP contribution in [0.25, 0.3) is 21.7 Å². The van der Waals surface area contributed by atoms with Crippen molar-refractivity contribution in [3.63, 3.8) is 0 Å². The summed E-state index contributed by atoms with van der Waals surface area (Å²) in [6.45, 7) is 3.59. The van der Waals surface area contributed by atoms with Gasteiger partial charge in [0.1, 0.15) is 5.58 Å². The molecular weight excluding hydrogens is 344 g/mol. The Kier molecular flexibility index (Phi) is 5.13. The van der Waals surface area contributed by atoms with Crippen molar-refractivity contribution in [3.05, 3.63) is 47.7 Å². The lowest BCUT2D eigenvalue weighted by atomic mass is 10.1. The van der Waals surface area contributed by atoms with Crippen LogP contribution in [0.5, 0.6) is 0 Å². The second-order valence-electron chi connectivity index (χ2n) is 6.44. The van der Waals surface area contributed by atoms with Gasteiger partial charge in [-0.05, 0) is 19.2 Å². The maximum atomic E-state index is 12.6. The number of nitriles is 1. The number of nitrogens with zero attached hydrogens (tertiary/aromatic N) is 2. The predicted octanol–water partition coefficient (Wildman–Crippen LogP) is 3.81. The van der Waals surface area contributed by atoms with Crippen molar-refractivity contribution in [1.82, 2.24) is 4.90 Å². The third kappa shape index (κ3) is 3.49. The first kappa shape index (κ1) is 18.5. The molecule has 0 saturated heterocycles. The molecule has 0 aliphatic heterocycles. The maximum absolute atomic E-state index is 12.6. The topological polar surface area (TPSA) is 83.5 Å². The summed E-state index contributed by atoms with van der Waals surface area (Å²) < 4.78 is 11.2. The molecule has 1 heterocycles. The monoisotopic (exact) mass is 364 g/mol. The molecule has 6 nitrogen and oxygen atoms in total. The Hall–Kier alpha value is -3.33. The van der Waals surface area contributed by atoms with Crippen LogP contribution >= 0.6 is 0 Å². The van der Waals surface area contributed by atoms with Crippen molar-refractivity contribution in [2.75, 3.05) is 13.6 Å². The second kappa shape index (κ2) is 7.50. The smallest absolute Gasteiger partial charge is 0.375 e. The van der Waals surface area contributed by atoms with Crippen molar-refractivity contribution in [2.45, 2.75) is 26.4 Å². The molecule has 0 N–H and O–H groups in total. The van der Waals surface area contributed by atoms with E-state index >= 15 is 0 Å². The molecule has 0 unspecified atom stereocenters. The minimum atomic E-state index is -0.967. The van der Waals surface area contributed by atoms with Gasteiger partial charge < -0.3 is 14.1 Å². The van der Waals surface area contributed by atoms with Gasteiger partial charge >= 0.3 is 5.97 Å². The van der Waals surface area contributed by atoms with Gasteiger partial charge in [0.25, 0.3) is 5.91 Å². The number of benzene rings is 2. The Bertz CT molecular complexity index is 1060. The number of fused-ring (bicyclic) bond motifs is 3. The number of rotatable bonds is 5. The number of aryl methyl sites for hydroxylation is 1. The van der Waals surface area contributed by atoms with E-state index in [1.165, 1.54) is 11.8 Å². The van der Waals surface area contributed by atoms with E-state index in [-0.39, 0.29) is 24.6 Å². The van der Waals surface area contributed by atoms with Gasteiger partial charge in [0, 0.05) is 29.9 Å². The van der Waals surface area contributed by atoms with E-state index < -0.39 is 12.1 Å². The molecule has 2 aromatic carbocycles. The minimum Gasteiger partial charge on any atom is -0.448 e. The van der Waals surface area contributed by atoms with Crippen LogP contribution in [0.1, 0.15) is 29.5 Å². The van der Waals surface area contributed by atoms with Gasteiger partial charge in [-0.15, -0.1) is 0 Å². The fourth-order valence-corrected chi connectivity index (χ4v) is 3.05. The van der Waals surface area contributed by atoms with Crippen LogP contribution in [-0.2, 0) is 9.53 Å². The summed E-state index contributed by atoms with van der Waals surface area (Å²) in [4.78, 5) is 26.2. The summed E-state index contributed by atoms with van der Waals surface area (Å²) in [6, 6.07) is 13.6. The van der Waals surface area contributed by atoms with Gasteiger partial charge in [0.05, 0.1) is 12.5 Å². The summed E-state index contributed by atoms with van der Waals surface area (Å²) in [5.41, 5.74) is 1.31. The average Bonchev–Trinajstić information content (AvgIpc) is 3.02. The highest BCUT2D eigenvalue weighted by Crippen LogP contribution is 2.32. The second-order valence-corrected chi connectivity index (χ2v) is 6.44. The standard InChI is InChI=1S/C21H20N2O4/c1-13-16-10-9-15-7-4-5-8-17(15)19(16)27-18(13)21(25)26-14(2)20(24)23(3)12-6-11-22/h4-5,7-10,14H,6,12H2,1-3H3/t14-/m0/s1. The van der Waals surface area contributed by atoms with Gasteiger partial charge in [-0.1, -0.05) is 36.4 Å². The average molecular weight is 364 g/mol. The zero-order valence-electron chi connectivity index (χ0n) is 15.5. The van der Waals surface area contributed by atoms with Crippen LogP contribution in [-0.4, -0.2) is 36.5 Å².